The molecule has 0 aliphatic rings. The highest BCUT2D eigenvalue weighted by atomic mass is 127. The van der Waals surface area contributed by atoms with Crippen molar-refractivity contribution in [3.05, 3.63) is 63.7 Å². The number of methoxy groups -OCH3 is 3. The summed E-state index contributed by atoms with van der Waals surface area (Å²) in [5.74, 6) is 0.744. The fourth-order valence-electron chi connectivity index (χ4n) is 3.33. The largest absolute Gasteiger partial charge is 0.493 e. The first-order valence-corrected chi connectivity index (χ1v) is 12.3. The number of hydrogen-bond acceptors (Lipinski definition) is 7. The quantitative estimate of drug-likeness (QED) is 0.215. The van der Waals surface area contributed by atoms with E-state index in [2.05, 4.69) is 33.2 Å². The molecule has 0 saturated carbocycles. The van der Waals surface area contributed by atoms with Gasteiger partial charge >= 0.3 is 0 Å². The third-order valence-electron chi connectivity index (χ3n) is 4.91. The SMILES string of the molecule is COc1cc(C(=O)NC(=S)Nc2ccc(I)cc2-c2nc3ccccc3s2)cc(OC)c1OC. The van der Waals surface area contributed by atoms with E-state index in [9.17, 15) is 4.79 Å². The first-order chi connectivity index (χ1) is 16.4. The van der Waals surface area contributed by atoms with E-state index in [4.69, 9.17) is 31.4 Å². The number of ether oxygens (including phenoxy) is 3. The van der Waals surface area contributed by atoms with Gasteiger partial charge in [-0.15, -0.1) is 11.3 Å². The summed E-state index contributed by atoms with van der Waals surface area (Å²) in [6, 6.07) is 17.0. The lowest BCUT2D eigenvalue weighted by atomic mass is 10.1. The van der Waals surface area contributed by atoms with Gasteiger partial charge in [0.1, 0.15) is 5.01 Å². The van der Waals surface area contributed by atoms with E-state index < -0.39 is 5.91 Å². The number of anilines is 1. The van der Waals surface area contributed by atoms with E-state index in [1.807, 2.05) is 42.5 Å². The van der Waals surface area contributed by atoms with Gasteiger partial charge in [0.05, 0.1) is 37.2 Å². The zero-order chi connectivity index (χ0) is 24.2. The lowest BCUT2D eigenvalue weighted by Crippen LogP contribution is -2.34. The second kappa shape index (κ2) is 10.5. The summed E-state index contributed by atoms with van der Waals surface area (Å²) in [7, 11) is 4.49. The number of aromatic nitrogens is 1. The van der Waals surface area contributed by atoms with Crippen molar-refractivity contribution < 1.29 is 19.0 Å². The van der Waals surface area contributed by atoms with Crippen molar-refractivity contribution in [3.8, 4) is 27.8 Å². The number of thiazole rings is 1. The Kier molecular flexibility index (Phi) is 7.49. The van der Waals surface area contributed by atoms with E-state index in [1.165, 1.54) is 21.3 Å². The molecule has 174 valence electrons. The van der Waals surface area contributed by atoms with Crippen LogP contribution in [-0.2, 0) is 0 Å². The first-order valence-electron chi connectivity index (χ1n) is 10.0. The second-order valence-corrected chi connectivity index (χ2v) is 9.68. The predicted molar refractivity (Wildman–Crippen MR) is 148 cm³/mol. The molecule has 0 unspecified atom stereocenters. The number of fused-ring (bicyclic) bond motifs is 1. The van der Waals surface area contributed by atoms with Gasteiger partial charge in [0.2, 0.25) is 5.75 Å². The molecule has 2 N–H and O–H groups in total. The Balaban J connectivity index is 1.58. The Morgan fingerprint density at radius 2 is 1.71 bits per heavy atom. The van der Waals surface area contributed by atoms with Crippen LogP contribution in [0.15, 0.2) is 54.6 Å². The molecule has 0 fully saturated rings. The Morgan fingerprint density at radius 3 is 2.35 bits per heavy atom. The summed E-state index contributed by atoms with van der Waals surface area (Å²) < 4.78 is 18.1. The number of hydrogen-bond donors (Lipinski definition) is 2. The minimum absolute atomic E-state index is 0.155. The van der Waals surface area contributed by atoms with Gasteiger partial charge in [-0.05, 0) is 77.3 Å². The van der Waals surface area contributed by atoms with Crippen LogP contribution in [0.3, 0.4) is 0 Å². The molecule has 0 aliphatic heterocycles. The zero-order valence-corrected chi connectivity index (χ0v) is 22.3. The smallest absolute Gasteiger partial charge is 0.257 e. The predicted octanol–water partition coefficient (Wildman–Crippen LogP) is 5.72. The van der Waals surface area contributed by atoms with Crippen LogP contribution in [-0.4, -0.2) is 37.3 Å². The monoisotopic (exact) mass is 605 g/mol. The number of nitrogens with one attached hydrogen (secondary N) is 2. The van der Waals surface area contributed by atoms with Crippen LogP contribution < -0.4 is 24.8 Å². The maximum atomic E-state index is 12.9. The van der Waals surface area contributed by atoms with Crippen molar-refractivity contribution in [2.75, 3.05) is 26.6 Å². The number of benzene rings is 3. The fraction of sp³-hybridized carbons (Fsp3) is 0.125. The number of thiocarbonyl (C=S) groups is 1. The van der Waals surface area contributed by atoms with Gasteiger partial charge in [-0.3, -0.25) is 10.1 Å². The molecule has 1 heterocycles. The molecule has 4 aromatic rings. The number of carbonyl (C=O) groups excluding carboxylic acids is 1. The maximum absolute atomic E-state index is 12.9. The Labute approximate surface area is 219 Å². The van der Waals surface area contributed by atoms with Crippen LogP contribution in [0.25, 0.3) is 20.8 Å². The van der Waals surface area contributed by atoms with Crippen molar-refractivity contribution in [1.82, 2.24) is 10.3 Å². The average Bonchev–Trinajstić information content (AvgIpc) is 3.28. The molecule has 1 aromatic heterocycles. The molecule has 0 aliphatic carbocycles. The molecule has 0 radical (unpaired) electrons. The van der Waals surface area contributed by atoms with E-state index in [0.717, 1.165) is 30.0 Å². The Hall–Kier alpha value is -2.96. The van der Waals surface area contributed by atoms with Crippen LogP contribution in [0.4, 0.5) is 5.69 Å². The minimum atomic E-state index is -0.413. The third-order valence-corrected chi connectivity index (χ3v) is 6.85. The van der Waals surface area contributed by atoms with Crippen LogP contribution in [0.1, 0.15) is 10.4 Å². The topological polar surface area (TPSA) is 81.7 Å². The van der Waals surface area contributed by atoms with Crippen molar-refractivity contribution in [3.63, 3.8) is 0 Å². The van der Waals surface area contributed by atoms with Gasteiger partial charge < -0.3 is 19.5 Å². The molecule has 1 amide bonds. The average molecular weight is 605 g/mol. The van der Waals surface area contributed by atoms with E-state index in [0.29, 0.717) is 22.8 Å². The van der Waals surface area contributed by atoms with Crippen LogP contribution in [0.2, 0.25) is 0 Å². The third kappa shape index (κ3) is 5.08. The highest BCUT2D eigenvalue weighted by Crippen LogP contribution is 2.38. The Morgan fingerprint density at radius 1 is 1.00 bits per heavy atom. The first kappa shape index (κ1) is 24.2. The Bertz CT molecular complexity index is 1330. The van der Waals surface area contributed by atoms with Crippen LogP contribution >= 0.6 is 46.1 Å². The van der Waals surface area contributed by atoms with E-state index >= 15 is 0 Å². The van der Waals surface area contributed by atoms with Gasteiger partial charge in [-0.1, -0.05) is 12.1 Å². The standard InChI is InChI=1S/C24H20IN3O4S2/c1-30-18-10-13(11-19(31-2)21(18)32-3)22(29)28-24(33)27-16-9-8-14(25)12-15(16)23-26-17-6-4-5-7-20(17)34-23/h4-12H,1-3H3,(H2,27,28,29,33). The second-order valence-electron chi connectivity index (χ2n) is 7.00. The van der Waals surface area contributed by atoms with E-state index in [1.54, 1.807) is 23.5 Å². The van der Waals surface area contributed by atoms with Crippen molar-refractivity contribution in [2.45, 2.75) is 0 Å². The molecular formula is C24H20IN3O4S2. The number of para-hydroxylation sites is 1. The number of carbonyl (C=O) groups is 1. The molecule has 7 nitrogen and oxygen atoms in total. The molecule has 0 spiro atoms. The number of rotatable bonds is 6. The van der Waals surface area contributed by atoms with Crippen LogP contribution in [0, 0.1) is 3.57 Å². The molecule has 34 heavy (non-hydrogen) atoms. The summed E-state index contributed by atoms with van der Waals surface area (Å²) in [5.41, 5.74) is 2.89. The van der Waals surface area contributed by atoms with Gasteiger partial charge in [0, 0.05) is 14.7 Å². The summed E-state index contributed by atoms with van der Waals surface area (Å²) in [6.45, 7) is 0. The highest BCUT2D eigenvalue weighted by Gasteiger charge is 2.18. The van der Waals surface area contributed by atoms with Gasteiger partial charge in [-0.25, -0.2) is 4.98 Å². The normalized spacial score (nSPS) is 10.6. The lowest BCUT2D eigenvalue weighted by Gasteiger charge is -2.15. The molecule has 0 saturated heterocycles. The van der Waals surface area contributed by atoms with Gasteiger partial charge in [-0.2, -0.15) is 0 Å². The van der Waals surface area contributed by atoms with Crippen LogP contribution in [0.5, 0.6) is 17.2 Å². The number of amides is 1. The molecule has 0 atom stereocenters. The van der Waals surface area contributed by atoms with Gasteiger partial charge in [0.25, 0.3) is 5.91 Å². The number of halogens is 1. The molecule has 3 aromatic carbocycles. The van der Waals surface area contributed by atoms with Crippen molar-refractivity contribution >= 4 is 73.1 Å². The van der Waals surface area contributed by atoms with Crippen molar-refractivity contribution in [2.24, 2.45) is 0 Å². The maximum Gasteiger partial charge on any atom is 0.257 e. The van der Waals surface area contributed by atoms with Gasteiger partial charge in [0.15, 0.2) is 16.6 Å². The molecular weight excluding hydrogens is 585 g/mol. The lowest BCUT2D eigenvalue weighted by molar-refractivity contribution is 0.0977. The van der Waals surface area contributed by atoms with Crippen molar-refractivity contribution in [1.29, 1.82) is 0 Å². The highest BCUT2D eigenvalue weighted by molar-refractivity contribution is 14.1. The fourth-order valence-corrected chi connectivity index (χ4v) is 5.02. The zero-order valence-electron chi connectivity index (χ0n) is 18.5. The number of nitrogens with zero attached hydrogens (tertiary/aromatic N) is 1. The summed E-state index contributed by atoms with van der Waals surface area (Å²) in [4.78, 5) is 17.7. The minimum Gasteiger partial charge on any atom is -0.493 e. The summed E-state index contributed by atoms with van der Waals surface area (Å²) in [6.07, 6.45) is 0. The molecule has 10 heteroatoms. The summed E-state index contributed by atoms with van der Waals surface area (Å²) in [5, 5.41) is 6.87. The van der Waals surface area contributed by atoms with E-state index in [-0.39, 0.29) is 5.11 Å². The molecule has 0 bridgehead atoms. The summed E-state index contributed by atoms with van der Waals surface area (Å²) >= 11 is 9.30. The molecule has 4 rings (SSSR count).